The van der Waals surface area contributed by atoms with E-state index in [1.807, 2.05) is 0 Å². The van der Waals surface area contributed by atoms with Crippen LogP contribution >= 0.6 is 0 Å². The number of aliphatic hydroxyl groups is 1. The molecule has 0 aliphatic carbocycles. The highest BCUT2D eigenvalue weighted by atomic mass is 19.1. The largest absolute Gasteiger partial charge is 0.491 e. The third-order valence-electron chi connectivity index (χ3n) is 3.01. The van der Waals surface area contributed by atoms with E-state index in [0.29, 0.717) is 25.5 Å². The first-order valence-corrected chi connectivity index (χ1v) is 6.80. The number of aliphatic hydroxyl groups excluding tert-OH is 1. The van der Waals surface area contributed by atoms with Crippen LogP contribution in [0, 0.1) is 5.82 Å². The first-order chi connectivity index (χ1) is 10.1. The average Bonchev–Trinajstić information content (AvgIpc) is 2.53. The molecular formula is C14H19FN2O4. The fourth-order valence-electron chi connectivity index (χ4n) is 1.86. The molecule has 1 fully saturated rings. The quantitative estimate of drug-likeness (QED) is 0.670. The minimum Gasteiger partial charge on any atom is -0.491 e. The Morgan fingerprint density at radius 1 is 1.52 bits per heavy atom. The Labute approximate surface area is 122 Å². The zero-order valence-corrected chi connectivity index (χ0v) is 11.5. The number of hydrogen-bond donors (Lipinski definition) is 3. The molecule has 2 atom stereocenters. The monoisotopic (exact) mass is 298 g/mol. The second kappa shape index (κ2) is 7.92. The Hall–Kier alpha value is -1.70. The van der Waals surface area contributed by atoms with Gasteiger partial charge in [0.2, 0.25) is 5.91 Å². The molecule has 1 saturated heterocycles. The molecule has 0 saturated carbocycles. The van der Waals surface area contributed by atoms with Crippen molar-refractivity contribution in [3.8, 4) is 5.75 Å². The van der Waals surface area contributed by atoms with Crippen molar-refractivity contribution in [3.63, 3.8) is 0 Å². The lowest BCUT2D eigenvalue weighted by molar-refractivity contribution is -0.126. The zero-order valence-electron chi connectivity index (χ0n) is 11.5. The number of carbonyl (C=O) groups is 1. The summed E-state index contributed by atoms with van der Waals surface area (Å²) in [5.74, 6) is -0.1000. The number of benzene rings is 1. The van der Waals surface area contributed by atoms with Crippen LogP contribution in [0.2, 0.25) is 0 Å². The van der Waals surface area contributed by atoms with Gasteiger partial charge >= 0.3 is 0 Å². The first kappa shape index (κ1) is 15.7. The maximum Gasteiger partial charge on any atom is 0.239 e. The van der Waals surface area contributed by atoms with Crippen LogP contribution in [0.3, 0.4) is 0 Å². The molecule has 0 radical (unpaired) electrons. The van der Waals surface area contributed by atoms with E-state index in [1.165, 1.54) is 24.3 Å². The highest BCUT2D eigenvalue weighted by Crippen LogP contribution is 2.11. The summed E-state index contributed by atoms with van der Waals surface area (Å²) >= 11 is 0. The highest BCUT2D eigenvalue weighted by Gasteiger charge is 2.21. The van der Waals surface area contributed by atoms with E-state index < -0.39 is 6.10 Å². The van der Waals surface area contributed by atoms with E-state index in [1.54, 1.807) is 0 Å². The van der Waals surface area contributed by atoms with Gasteiger partial charge in [-0.3, -0.25) is 4.79 Å². The topological polar surface area (TPSA) is 79.8 Å². The summed E-state index contributed by atoms with van der Waals surface area (Å²) in [5.41, 5.74) is 0. The number of morpholine rings is 1. The molecule has 0 bridgehead atoms. The molecule has 116 valence electrons. The highest BCUT2D eigenvalue weighted by molar-refractivity contribution is 5.82. The molecule has 1 amide bonds. The van der Waals surface area contributed by atoms with Gasteiger partial charge in [-0.25, -0.2) is 4.39 Å². The molecule has 1 aliphatic heterocycles. The lowest BCUT2D eigenvalue weighted by Gasteiger charge is -2.23. The number of nitrogens with one attached hydrogen (secondary N) is 2. The Kier molecular flexibility index (Phi) is 5.91. The van der Waals surface area contributed by atoms with E-state index in [9.17, 15) is 14.3 Å². The van der Waals surface area contributed by atoms with Gasteiger partial charge in [-0.05, 0) is 24.3 Å². The fourth-order valence-corrected chi connectivity index (χ4v) is 1.86. The summed E-state index contributed by atoms with van der Waals surface area (Å²) in [7, 11) is 0. The summed E-state index contributed by atoms with van der Waals surface area (Å²) in [6, 6.07) is 5.12. The van der Waals surface area contributed by atoms with Gasteiger partial charge in [-0.2, -0.15) is 0 Å². The zero-order chi connectivity index (χ0) is 15.1. The van der Waals surface area contributed by atoms with Crippen molar-refractivity contribution in [1.82, 2.24) is 10.6 Å². The Balaban J connectivity index is 1.65. The number of amides is 1. The third-order valence-corrected chi connectivity index (χ3v) is 3.01. The smallest absolute Gasteiger partial charge is 0.239 e. The summed E-state index contributed by atoms with van der Waals surface area (Å²) in [5, 5.41) is 15.4. The minimum atomic E-state index is -0.844. The second-order valence-electron chi connectivity index (χ2n) is 4.75. The predicted octanol–water partition coefficient (Wildman–Crippen LogP) is -0.330. The average molecular weight is 298 g/mol. The molecule has 0 unspecified atom stereocenters. The lowest BCUT2D eigenvalue weighted by Crippen LogP contribution is -2.52. The van der Waals surface area contributed by atoms with Gasteiger partial charge in [-0.15, -0.1) is 0 Å². The maximum absolute atomic E-state index is 12.7. The normalized spacial score (nSPS) is 19.8. The van der Waals surface area contributed by atoms with Crippen molar-refractivity contribution in [2.45, 2.75) is 12.1 Å². The molecule has 1 aromatic carbocycles. The molecule has 1 aromatic rings. The van der Waals surface area contributed by atoms with Crippen LogP contribution in [0.15, 0.2) is 24.3 Å². The summed E-state index contributed by atoms with van der Waals surface area (Å²) in [6.07, 6.45) is -0.844. The standard InChI is InChI=1S/C14H19FN2O4/c15-10-1-3-12(4-2-10)21-8-11(18)7-17-14(19)13-9-20-6-5-16-13/h1-4,11,13,16,18H,5-9H2,(H,17,19)/t11-,13+/m1/s1. The summed E-state index contributed by atoms with van der Waals surface area (Å²) in [4.78, 5) is 11.8. The Morgan fingerprint density at radius 2 is 2.29 bits per heavy atom. The van der Waals surface area contributed by atoms with E-state index in [-0.39, 0.29) is 30.9 Å². The van der Waals surface area contributed by atoms with Crippen LogP contribution in [0.5, 0.6) is 5.75 Å². The number of carbonyl (C=O) groups excluding carboxylic acids is 1. The molecule has 0 aromatic heterocycles. The van der Waals surface area contributed by atoms with Crippen molar-refractivity contribution >= 4 is 5.91 Å². The SMILES string of the molecule is O=C(NC[C@@H](O)COc1ccc(F)cc1)[C@@H]1COCCN1. The number of hydrogen-bond acceptors (Lipinski definition) is 5. The summed E-state index contributed by atoms with van der Waals surface area (Å²) in [6.45, 7) is 1.65. The molecule has 1 aliphatic rings. The van der Waals surface area contributed by atoms with Crippen LogP contribution in [0.4, 0.5) is 4.39 Å². The van der Waals surface area contributed by atoms with Gasteiger partial charge < -0.3 is 25.2 Å². The van der Waals surface area contributed by atoms with Crippen molar-refractivity contribution < 1.29 is 23.8 Å². The fraction of sp³-hybridized carbons (Fsp3) is 0.500. The molecule has 2 rings (SSSR count). The van der Waals surface area contributed by atoms with Gasteiger partial charge in [0, 0.05) is 13.1 Å². The lowest BCUT2D eigenvalue weighted by atomic mass is 10.2. The van der Waals surface area contributed by atoms with E-state index >= 15 is 0 Å². The van der Waals surface area contributed by atoms with Crippen LogP contribution < -0.4 is 15.4 Å². The van der Waals surface area contributed by atoms with Gasteiger partial charge in [-0.1, -0.05) is 0 Å². The van der Waals surface area contributed by atoms with Crippen LogP contribution in [-0.2, 0) is 9.53 Å². The van der Waals surface area contributed by atoms with Crippen LogP contribution in [0.25, 0.3) is 0 Å². The molecule has 7 heteroatoms. The number of halogens is 1. The van der Waals surface area contributed by atoms with Gasteiger partial charge in [0.15, 0.2) is 0 Å². The third kappa shape index (κ3) is 5.30. The molecule has 1 heterocycles. The van der Waals surface area contributed by atoms with Crippen LogP contribution in [0.1, 0.15) is 0 Å². The first-order valence-electron chi connectivity index (χ1n) is 6.80. The number of rotatable bonds is 6. The van der Waals surface area contributed by atoms with Gasteiger partial charge in [0.25, 0.3) is 0 Å². The van der Waals surface area contributed by atoms with Crippen molar-refractivity contribution in [2.24, 2.45) is 0 Å². The van der Waals surface area contributed by atoms with Gasteiger partial charge in [0.1, 0.15) is 30.3 Å². The van der Waals surface area contributed by atoms with E-state index in [2.05, 4.69) is 10.6 Å². The summed E-state index contributed by atoms with van der Waals surface area (Å²) < 4.78 is 23.2. The van der Waals surface area contributed by atoms with Crippen molar-refractivity contribution in [2.75, 3.05) is 32.9 Å². The predicted molar refractivity (Wildman–Crippen MR) is 73.5 cm³/mol. The van der Waals surface area contributed by atoms with Crippen molar-refractivity contribution in [1.29, 1.82) is 0 Å². The molecule has 6 nitrogen and oxygen atoms in total. The Morgan fingerprint density at radius 3 is 2.95 bits per heavy atom. The molecular weight excluding hydrogens is 279 g/mol. The van der Waals surface area contributed by atoms with Crippen LogP contribution in [-0.4, -0.2) is 56.1 Å². The minimum absolute atomic E-state index is 0.0144. The number of ether oxygens (including phenoxy) is 2. The maximum atomic E-state index is 12.7. The Bertz CT molecular complexity index is 449. The molecule has 3 N–H and O–H groups in total. The van der Waals surface area contributed by atoms with Crippen molar-refractivity contribution in [3.05, 3.63) is 30.1 Å². The van der Waals surface area contributed by atoms with E-state index in [0.717, 1.165) is 0 Å². The molecule has 21 heavy (non-hydrogen) atoms. The van der Waals surface area contributed by atoms with E-state index in [4.69, 9.17) is 9.47 Å². The molecule has 0 spiro atoms. The second-order valence-corrected chi connectivity index (χ2v) is 4.75. The van der Waals surface area contributed by atoms with Gasteiger partial charge in [0.05, 0.1) is 13.2 Å².